The third-order valence-corrected chi connectivity index (χ3v) is 5.07. The highest BCUT2D eigenvalue weighted by atomic mass is 35.5. The maximum Gasteiger partial charge on any atom is 0.175 e. The topological polar surface area (TPSA) is 51.2 Å². The van der Waals surface area contributed by atoms with Crippen LogP contribution in [0.5, 0.6) is 0 Å². The van der Waals surface area contributed by atoms with Gasteiger partial charge in [0.25, 0.3) is 0 Å². The SMILES string of the molecule is CC(=O)/C(=C(\C)c1ccc(F)c(Cl)c1)c1ccc(S(C)(=O)=O)cc1. The molecule has 6 heteroatoms. The molecule has 0 aliphatic heterocycles. The van der Waals surface area contributed by atoms with Crippen molar-refractivity contribution in [2.75, 3.05) is 6.26 Å². The monoisotopic (exact) mass is 366 g/mol. The average molecular weight is 367 g/mol. The molecule has 0 heterocycles. The summed E-state index contributed by atoms with van der Waals surface area (Å²) in [6.07, 6.45) is 1.12. The molecule has 0 aromatic heterocycles. The number of carbonyl (C=O) groups excluding carboxylic acids is 1. The fourth-order valence-electron chi connectivity index (χ4n) is 2.43. The summed E-state index contributed by atoms with van der Waals surface area (Å²) in [4.78, 5) is 12.3. The standard InChI is InChI=1S/C18H16ClFO3S/c1-11(14-6-9-17(20)16(19)10-14)18(12(2)21)13-4-7-15(8-5-13)24(3,22)23/h4-10H,1-3H3/b18-11-. The van der Waals surface area contributed by atoms with Crippen LogP contribution in [0.1, 0.15) is 25.0 Å². The molecular formula is C18H16ClFO3S. The first-order valence-corrected chi connectivity index (χ1v) is 9.36. The molecule has 2 aromatic rings. The number of hydrogen-bond donors (Lipinski definition) is 0. The fourth-order valence-corrected chi connectivity index (χ4v) is 3.24. The number of rotatable bonds is 4. The quantitative estimate of drug-likeness (QED) is 0.595. The molecule has 0 aliphatic rings. The van der Waals surface area contributed by atoms with Gasteiger partial charge in [-0.15, -0.1) is 0 Å². The van der Waals surface area contributed by atoms with Crippen LogP contribution in [0.25, 0.3) is 11.1 Å². The molecule has 0 aliphatic carbocycles. The van der Waals surface area contributed by atoms with E-state index in [0.717, 1.165) is 6.26 Å². The Morgan fingerprint density at radius 1 is 1.00 bits per heavy atom. The Hall–Kier alpha value is -1.98. The molecule has 0 saturated carbocycles. The molecule has 24 heavy (non-hydrogen) atoms. The Bertz CT molecular complexity index is 929. The number of Topliss-reactive ketones (excluding diaryl/α,β-unsaturated/α-hetero) is 1. The van der Waals surface area contributed by atoms with Gasteiger partial charge in [0.2, 0.25) is 0 Å². The van der Waals surface area contributed by atoms with Crippen LogP contribution in [-0.4, -0.2) is 20.5 Å². The van der Waals surface area contributed by atoms with Crippen molar-refractivity contribution in [1.82, 2.24) is 0 Å². The number of carbonyl (C=O) groups is 1. The second-order valence-corrected chi connectivity index (χ2v) is 7.90. The molecule has 0 bridgehead atoms. The van der Waals surface area contributed by atoms with Crippen LogP contribution in [0.2, 0.25) is 5.02 Å². The van der Waals surface area contributed by atoms with Crippen molar-refractivity contribution >= 4 is 38.4 Å². The molecule has 0 unspecified atom stereocenters. The van der Waals surface area contributed by atoms with Gasteiger partial charge in [-0.05, 0) is 54.8 Å². The van der Waals surface area contributed by atoms with Crippen LogP contribution < -0.4 is 0 Å². The van der Waals surface area contributed by atoms with Crippen molar-refractivity contribution < 1.29 is 17.6 Å². The molecule has 2 aromatic carbocycles. The lowest BCUT2D eigenvalue weighted by Gasteiger charge is -2.12. The van der Waals surface area contributed by atoms with E-state index in [1.807, 2.05) is 0 Å². The van der Waals surface area contributed by atoms with E-state index in [-0.39, 0.29) is 15.7 Å². The van der Waals surface area contributed by atoms with Crippen molar-refractivity contribution in [2.45, 2.75) is 18.7 Å². The molecule has 0 saturated heterocycles. The third-order valence-electron chi connectivity index (χ3n) is 3.65. The van der Waals surface area contributed by atoms with E-state index in [1.54, 1.807) is 25.1 Å². The lowest BCUT2D eigenvalue weighted by Crippen LogP contribution is -2.01. The van der Waals surface area contributed by atoms with Crippen LogP contribution in [0, 0.1) is 5.82 Å². The van der Waals surface area contributed by atoms with Gasteiger partial charge in [-0.25, -0.2) is 12.8 Å². The van der Waals surface area contributed by atoms with Crippen molar-refractivity contribution in [3.05, 3.63) is 64.4 Å². The van der Waals surface area contributed by atoms with Crippen LogP contribution in [0.15, 0.2) is 47.4 Å². The normalized spacial score (nSPS) is 12.7. The Morgan fingerprint density at radius 2 is 1.54 bits per heavy atom. The van der Waals surface area contributed by atoms with E-state index < -0.39 is 15.7 Å². The van der Waals surface area contributed by atoms with Gasteiger partial charge < -0.3 is 0 Å². The van der Waals surface area contributed by atoms with Gasteiger partial charge >= 0.3 is 0 Å². The van der Waals surface area contributed by atoms with Gasteiger partial charge in [0, 0.05) is 11.8 Å². The highest BCUT2D eigenvalue weighted by Gasteiger charge is 2.15. The zero-order chi connectivity index (χ0) is 18.1. The highest BCUT2D eigenvalue weighted by Crippen LogP contribution is 2.29. The molecule has 2 rings (SSSR count). The number of ketones is 1. The van der Waals surface area contributed by atoms with Gasteiger partial charge in [-0.1, -0.05) is 29.8 Å². The molecule has 0 N–H and O–H groups in total. The smallest absolute Gasteiger partial charge is 0.175 e. The number of allylic oxidation sites excluding steroid dienone is 2. The van der Waals surface area contributed by atoms with E-state index >= 15 is 0 Å². The molecule has 0 radical (unpaired) electrons. The Balaban J connectivity index is 2.60. The lowest BCUT2D eigenvalue weighted by atomic mass is 9.93. The molecule has 0 atom stereocenters. The highest BCUT2D eigenvalue weighted by molar-refractivity contribution is 7.90. The van der Waals surface area contributed by atoms with E-state index in [1.165, 1.54) is 31.2 Å². The van der Waals surface area contributed by atoms with E-state index in [9.17, 15) is 17.6 Å². The van der Waals surface area contributed by atoms with E-state index in [2.05, 4.69) is 0 Å². The molecule has 0 amide bonds. The summed E-state index contributed by atoms with van der Waals surface area (Å²) in [6.45, 7) is 3.17. The third kappa shape index (κ3) is 3.91. The zero-order valence-corrected chi connectivity index (χ0v) is 15.0. The lowest BCUT2D eigenvalue weighted by molar-refractivity contribution is -0.111. The average Bonchev–Trinajstić information content (AvgIpc) is 2.49. The Labute approximate surface area is 145 Å². The number of sulfone groups is 1. The Kier molecular flexibility index (Phi) is 5.26. The van der Waals surface area contributed by atoms with Crippen molar-refractivity contribution in [3.63, 3.8) is 0 Å². The molecule has 126 valence electrons. The number of halogens is 2. The minimum absolute atomic E-state index is 0.0258. The maximum absolute atomic E-state index is 13.3. The summed E-state index contributed by atoms with van der Waals surface area (Å²) in [6, 6.07) is 10.3. The predicted octanol–water partition coefficient (Wildman–Crippen LogP) is 4.40. The van der Waals surface area contributed by atoms with Gasteiger partial charge in [-0.3, -0.25) is 4.79 Å². The second kappa shape index (κ2) is 6.87. The van der Waals surface area contributed by atoms with E-state index in [0.29, 0.717) is 22.3 Å². The first kappa shape index (κ1) is 18.4. The van der Waals surface area contributed by atoms with Crippen molar-refractivity contribution in [2.24, 2.45) is 0 Å². The van der Waals surface area contributed by atoms with Crippen molar-refractivity contribution in [1.29, 1.82) is 0 Å². The molecule has 0 spiro atoms. The Morgan fingerprint density at radius 3 is 2.00 bits per heavy atom. The molecular weight excluding hydrogens is 351 g/mol. The minimum atomic E-state index is -3.31. The van der Waals surface area contributed by atoms with Gasteiger partial charge in [0.15, 0.2) is 15.6 Å². The summed E-state index contributed by atoms with van der Waals surface area (Å²) in [5, 5.41) is -0.0258. The van der Waals surface area contributed by atoms with Crippen LogP contribution in [-0.2, 0) is 14.6 Å². The number of benzene rings is 2. The first-order chi connectivity index (χ1) is 11.1. The van der Waals surface area contributed by atoms with Crippen LogP contribution >= 0.6 is 11.6 Å². The molecule has 0 fully saturated rings. The molecule has 3 nitrogen and oxygen atoms in total. The summed E-state index contributed by atoms with van der Waals surface area (Å²) in [7, 11) is -3.31. The van der Waals surface area contributed by atoms with Gasteiger partial charge in [0.05, 0.1) is 9.92 Å². The zero-order valence-electron chi connectivity index (χ0n) is 13.4. The summed E-state index contributed by atoms with van der Waals surface area (Å²) in [5.41, 5.74) is 2.28. The van der Waals surface area contributed by atoms with Crippen molar-refractivity contribution in [3.8, 4) is 0 Å². The first-order valence-electron chi connectivity index (χ1n) is 7.09. The summed E-state index contributed by atoms with van der Waals surface area (Å²) >= 11 is 5.81. The van der Waals surface area contributed by atoms with Gasteiger partial charge in [-0.2, -0.15) is 0 Å². The largest absolute Gasteiger partial charge is 0.294 e. The predicted molar refractivity (Wildman–Crippen MR) is 94.1 cm³/mol. The minimum Gasteiger partial charge on any atom is -0.294 e. The number of hydrogen-bond acceptors (Lipinski definition) is 3. The summed E-state index contributed by atoms with van der Waals surface area (Å²) < 4.78 is 36.4. The fraction of sp³-hybridized carbons (Fsp3) is 0.167. The van der Waals surface area contributed by atoms with Crippen LogP contribution in [0.4, 0.5) is 4.39 Å². The van der Waals surface area contributed by atoms with Gasteiger partial charge in [0.1, 0.15) is 5.82 Å². The maximum atomic E-state index is 13.3. The van der Waals surface area contributed by atoms with Crippen LogP contribution in [0.3, 0.4) is 0 Å². The second-order valence-electron chi connectivity index (χ2n) is 5.48. The summed E-state index contributed by atoms with van der Waals surface area (Å²) in [5.74, 6) is -0.713. The van der Waals surface area contributed by atoms with E-state index in [4.69, 9.17) is 11.6 Å².